The summed E-state index contributed by atoms with van der Waals surface area (Å²) in [5.74, 6) is 1.80. The van der Waals surface area contributed by atoms with E-state index in [1.165, 1.54) is 0 Å². The van der Waals surface area contributed by atoms with Crippen molar-refractivity contribution >= 4 is 0 Å². The fourth-order valence-corrected chi connectivity index (χ4v) is 1.99. The van der Waals surface area contributed by atoms with Crippen LogP contribution in [0.15, 0.2) is 16.5 Å². The quantitative estimate of drug-likeness (QED) is 0.832. The Bertz CT molecular complexity index is 300. The molecule has 1 aliphatic heterocycles. The molecule has 1 saturated heterocycles. The van der Waals surface area contributed by atoms with Gasteiger partial charge in [0.2, 0.25) is 0 Å². The Morgan fingerprint density at radius 1 is 1.53 bits per heavy atom. The zero-order valence-electron chi connectivity index (χ0n) is 9.11. The van der Waals surface area contributed by atoms with Crippen LogP contribution in [0.3, 0.4) is 0 Å². The summed E-state index contributed by atoms with van der Waals surface area (Å²) in [7, 11) is 0. The molecule has 1 aromatic rings. The first-order valence-corrected chi connectivity index (χ1v) is 5.65. The van der Waals surface area contributed by atoms with E-state index in [-0.39, 0.29) is 5.92 Å². The summed E-state index contributed by atoms with van der Waals surface area (Å²) in [5, 5.41) is 10.1. The molecule has 0 amide bonds. The largest absolute Gasteiger partial charge is 0.463 e. The maximum atomic E-state index is 10.1. The van der Waals surface area contributed by atoms with E-state index in [4.69, 9.17) is 9.15 Å². The Morgan fingerprint density at radius 2 is 2.40 bits per heavy atom. The van der Waals surface area contributed by atoms with Crippen molar-refractivity contribution in [3.63, 3.8) is 0 Å². The number of aliphatic hydroxyl groups is 1. The minimum Gasteiger partial charge on any atom is -0.463 e. The average Bonchev–Trinajstić information content (AvgIpc) is 2.78. The second kappa shape index (κ2) is 4.81. The lowest BCUT2D eigenvalue weighted by molar-refractivity contribution is -0.0182. The van der Waals surface area contributed by atoms with E-state index < -0.39 is 6.10 Å². The second-order valence-corrected chi connectivity index (χ2v) is 4.08. The van der Waals surface area contributed by atoms with Crippen LogP contribution in [0, 0.1) is 5.92 Å². The molecule has 0 aliphatic carbocycles. The molecule has 1 aliphatic rings. The molecule has 0 saturated carbocycles. The highest BCUT2D eigenvalue weighted by molar-refractivity contribution is 5.10. The molecule has 0 spiro atoms. The summed E-state index contributed by atoms with van der Waals surface area (Å²) in [6.45, 7) is 3.50. The van der Waals surface area contributed by atoms with Crippen LogP contribution < -0.4 is 0 Å². The summed E-state index contributed by atoms with van der Waals surface area (Å²) in [6, 6.07) is 3.81. The Labute approximate surface area is 90.0 Å². The van der Waals surface area contributed by atoms with E-state index in [1.807, 2.05) is 19.1 Å². The fraction of sp³-hybridized carbons (Fsp3) is 0.667. The molecule has 2 rings (SSSR count). The van der Waals surface area contributed by atoms with Crippen molar-refractivity contribution < 1.29 is 14.3 Å². The van der Waals surface area contributed by atoms with Crippen molar-refractivity contribution in [2.24, 2.45) is 5.92 Å². The Morgan fingerprint density at radius 3 is 3.00 bits per heavy atom. The molecular formula is C12H18O3. The Kier molecular flexibility index (Phi) is 3.44. The van der Waals surface area contributed by atoms with Gasteiger partial charge in [-0.25, -0.2) is 0 Å². The maximum Gasteiger partial charge on any atom is 0.133 e. The van der Waals surface area contributed by atoms with Gasteiger partial charge in [-0.1, -0.05) is 6.92 Å². The SMILES string of the molecule is CCc1ccc(C(O)C2CCCOC2)o1. The predicted octanol–water partition coefficient (Wildman–Crippen LogP) is 2.30. The van der Waals surface area contributed by atoms with Crippen LogP contribution in [0.25, 0.3) is 0 Å². The van der Waals surface area contributed by atoms with Gasteiger partial charge in [-0.15, -0.1) is 0 Å². The van der Waals surface area contributed by atoms with E-state index in [0.29, 0.717) is 12.4 Å². The third kappa shape index (κ3) is 2.41. The van der Waals surface area contributed by atoms with Gasteiger partial charge in [0, 0.05) is 18.9 Å². The first-order valence-electron chi connectivity index (χ1n) is 5.65. The van der Waals surface area contributed by atoms with Crippen molar-refractivity contribution in [2.75, 3.05) is 13.2 Å². The molecule has 1 aromatic heterocycles. The highest BCUT2D eigenvalue weighted by Crippen LogP contribution is 2.29. The molecule has 3 heteroatoms. The smallest absolute Gasteiger partial charge is 0.133 e. The molecule has 0 aromatic carbocycles. The predicted molar refractivity (Wildman–Crippen MR) is 56.6 cm³/mol. The zero-order chi connectivity index (χ0) is 10.7. The van der Waals surface area contributed by atoms with E-state index in [9.17, 15) is 5.11 Å². The van der Waals surface area contributed by atoms with Crippen molar-refractivity contribution in [3.8, 4) is 0 Å². The molecule has 1 N–H and O–H groups in total. The third-order valence-electron chi connectivity index (χ3n) is 2.96. The van der Waals surface area contributed by atoms with Gasteiger partial charge in [0.1, 0.15) is 17.6 Å². The van der Waals surface area contributed by atoms with Crippen LogP contribution in [0.2, 0.25) is 0 Å². The number of hydrogen-bond donors (Lipinski definition) is 1. The van der Waals surface area contributed by atoms with Gasteiger partial charge in [-0.05, 0) is 25.0 Å². The lowest BCUT2D eigenvalue weighted by Gasteiger charge is -2.25. The van der Waals surface area contributed by atoms with Gasteiger partial charge in [0.15, 0.2) is 0 Å². The summed E-state index contributed by atoms with van der Waals surface area (Å²) in [4.78, 5) is 0. The molecule has 1 fully saturated rings. The van der Waals surface area contributed by atoms with Crippen LogP contribution in [0.4, 0.5) is 0 Å². The van der Waals surface area contributed by atoms with Crippen molar-refractivity contribution in [1.82, 2.24) is 0 Å². The van der Waals surface area contributed by atoms with Crippen molar-refractivity contribution in [3.05, 3.63) is 23.7 Å². The van der Waals surface area contributed by atoms with Crippen LogP contribution in [-0.4, -0.2) is 18.3 Å². The van der Waals surface area contributed by atoms with Gasteiger partial charge in [0.05, 0.1) is 6.61 Å². The number of aliphatic hydroxyl groups excluding tert-OH is 1. The summed E-state index contributed by atoms with van der Waals surface area (Å²) in [6.07, 6.45) is 2.41. The molecule has 3 nitrogen and oxygen atoms in total. The summed E-state index contributed by atoms with van der Waals surface area (Å²) in [5.41, 5.74) is 0. The van der Waals surface area contributed by atoms with E-state index >= 15 is 0 Å². The molecule has 15 heavy (non-hydrogen) atoms. The second-order valence-electron chi connectivity index (χ2n) is 4.08. The molecule has 0 bridgehead atoms. The fourth-order valence-electron chi connectivity index (χ4n) is 1.99. The normalized spacial score (nSPS) is 24.0. The van der Waals surface area contributed by atoms with Gasteiger partial charge in [0.25, 0.3) is 0 Å². The first kappa shape index (κ1) is 10.7. The van der Waals surface area contributed by atoms with Crippen LogP contribution in [0.1, 0.15) is 37.4 Å². The molecule has 2 atom stereocenters. The van der Waals surface area contributed by atoms with E-state index in [1.54, 1.807) is 0 Å². The minimum atomic E-state index is -0.509. The monoisotopic (exact) mass is 210 g/mol. The first-order chi connectivity index (χ1) is 7.31. The minimum absolute atomic E-state index is 0.189. The summed E-state index contributed by atoms with van der Waals surface area (Å²) < 4.78 is 10.9. The number of furan rings is 1. The Balaban J connectivity index is 2.02. The highest BCUT2D eigenvalue weighted by Gasteiger charge is 2.25. The molecule has 2 unspecified atom stereocenters. The zero-order valence-corrected chi connectivity index (χ0v) is 9.11. The van der Waals surface area contributed by atoms with E-state index in [0.717, 1.165) is 31.6 Å². The van der Waals surface area contributed by atoms with E-state index in [2.05, 4.69) is 0 Å². The van der Waals surface area contributed by atoms with Crippen LogP contribution in [-0.2, 0) is 11.2 Å². The van der Waals surface area contributed by atoms with Gasteiger partial charge >= 0.3 is 0 Å². The van der Waals surface area contributed by atoms with Gasteiger partial charge < -0.3 is 14.3 Å². The number of hydrogen-bond acceptors (Lipinski definition) is 3. The third-order valence-corrected chi connectivity index (χ3v) is 2.96. The van der Waals surface area contributed by atoms with Crippen LogP contribution >= 0.6 is 0 Å². The van der Waals surface area contributed by atoms with Crippen molar-refractivity contribution in [2.45, 2.75) is 32.3 Å². The number of aryl methyl sites for hydroxylation is 1. The van der Waals surface area contributed by atoms with Gasteiger partial charge in [-0.3, -0.25) is 0 Å². The molecular weight excluding hydrogens is 192 g/mol. The molecule has 2 heterocycles. The molecule has 84 valence electrons. The molecule has 0 radical (unpaired) electrons. The lowest BCUT2D eigenvalue weighted by atomic mass is 9.94. The van der Waals surface area contributed by atoms with Gasteiger partial charge in [-0.2, -0.15) is 0 Å². The number of ether oxygens (including phenoxy) is 1. The highest BCUT2D eigenvalue weighted by atomic mass is 16.5. The topological polar surface area (TPSA) is 42.6 Å². The summed E-state index contributed by atoms with van der Waals surface area (Å²) >= 11 is 0. The Hall–Kier alpha value is -0.800. The van der Waals surface area contributed by atoms with Crippen LogP contribution in [0.5, 0.6) is 0 Å². The average molecular weight is 210 g/mol. The standard InChI is InChI=1S/C12H18O3/c1-2-10-5-6-11(15-10)12(13)9-4-3-7-14-8-9/h5-6,9,12-13H,2-4,7-8H2,1H3. The lowest BCUT2D eigenvalue weighted by Crippen LogP contribution is -2.23. The van der Waals surface area contributed by atoms with Crippen molar-refractivity contribution in [1.29, 1.82) is 0 Å². The number of rotatable bonds is 3. The maximum absolute atomic E-state index is 10.1.